The molecule has 0 aliphatic heterocycles. The second-order valence-corrected chi connectivity index (χ2v) is 5.60. The Morgan fingerprint density at radius 1 is 1.18 bits per heavy atom. The predicted molar refractivity (Wildman–Crippen MR) is 60.4 cm³/mol. The Morgan fingerprint density at radius 2 is 1.82 bits per heavy atom. The van der Waals surface area contributed by atoms with Crippen molar-refractivity contribution in [3.05, 3.63) is 5.01 Å². The first kappa shape index (κ1) is 12.9. The van der Waals surface area contributed by atoms with E-state index in [0.29, 0.717) is 11.3 Å². The Labute approximate surface area is 105 Å². The molecule has 1 aliphatic rings. The fourth-order valence-electron chi connectivity index (χ4n) is 1.77. The molecule has 0 unspecified atom stereocenters. The summed E-state index contributed by atoms with van der Waals surface area (Å²) in [4.78, 5) is 0. The van der Waals surface area contributed by atoms with E-state index in [1.165, 1.54) is 0 Å². The quantitative estimate of drug-likeness (QED) is 0.845. The van der Waals surface area contributed by atoms with Crippen LogP contribution in [0.3, 0.4) is 0 Å². The zero-order valence-electron chi connectivity index (χ0n) is 8.80. The van der Waals surface area contributed by atoms with Crippen LogP contribution in [0.2, 0.25) is 0 Å². The molecule has 1 aromatic heterocycles. The average molecular weight is 286 g/mol. The summed E-state index contributed by atoms with van der Waals surface area (Å²) in [6.45, 7) is 0. The van der Waals surface area contributed by atoms with E-state index in [9.17, 15) is 13.2 Å². The molecule has 8 heteroatoms. The van der Waals surface area contributed by atoms with E-state index in [2.05, 4.69) is 15.5 Å². The molecule has 0 aromatic carbocycles. The van der Waals surface area contributed by atoms with Crippen molar-refractivity contribution >= 4 is 28.1 Å². The standard InChI is InChI=1S/C9H11ClF3N3S/c10-5-1-3-6(4-2-5)14-8-16-15-7(17-8)9(11,12)13/h5-6H,1-4H2,(H,14,16). The molecule has 1 fully saturated rings. The van der Waals surface area contributed by atoms with Crippen LogP contribution >= 0.6 is 22.9 Å². The maximum Gasteiger partial charge on any atom is 0.445 e. The van der Waals surface area contributed by atoms with Crippen molar-refractivity contribution in [3.63, 3.8) is 0 Å². The maximum atomic E-state index is 12.3. The molecular formula is C9H11ClF3N3S. The van der Waals surface area contributed by atoms with Crippen LogP contribution in [0.25, 0.3) is 0 Å². The number of anilines is 1. The maximum absolute atomic E-state index is 12.3. The molecule has 0 spiro atoms. The molecule has 1 N–H and O–H groups in total. The molecular weight excluding hydrogens is 275 g/mol. The van der Waals surface area contributed by atoms with Crippen molar-refractivity contribution < 1.29 is 13.2 Å². The molecule has 1 aliphatic carbocycles. The minimum atomic E-state index is -4.41. The summed E-state index contributed by atoms with van der Waals surface area (Å²) in [5.74, 6) is 0. The van der Waals surface area contributed by atoms with Gasteiger partial charge in [-0.1, -0.05) is 11.3 Å². The molecule has 3 nitrogen and oxygen atoms in total. The van der Waals surface area contributed by atoms with E-state index in [1.54, 1.807) is 0 Å². The minimum absolute atomic E-state index is 0.152. The molecule has 0 bridgehead atoms. The zero-order chi connectivity index (χ0) is 12.5. The Hall–Kier alpha value is -0.560. The molecule has 96 valence electrons. The molecule has 0 atom stereocenters. The van der Waals surface area contributed by atoms with Crippen LogP contribution in [-0.2, 0) is 6.18 Å². The van der Waals surface area contributed by atoms with Crippen LogP contribution in [-0.4, -0.2) is 21.6 Å². The number of aromatic nitrogens is 2. The molecule has 0 amide bonds. The van der Waals surface area contributed by atoms with Crippen molar-refractivity contribution in [2.75, 3.05) is 5.32 Å². The average Bonchev–Trinajstić information content (AvgIpc) is 2.69. The van der Waals surface area contributed by atoms with Crippen molar-refractivity contribution in [2.24, 2.45) is 0 Å². The summed E-state index contributed by atoms with van der Waals surface area (Å²) in [5.41, 5.74) is 0. The second-order valence-electron chi connectivity index (χ2n) is 4.00. The largest absolute Gasteiger partial charge is 0.445 e. The Balaban J connectivity index is 1.93. The third-order valence-electron chi connectivity index (χ3n) is 2.65. The van der Waals surface area contributed by atoms with E-state index >= 15 is 0 Å². The van der Waals surface area contributed by atoms with Gasteiger partial charge in [-0.25, -0.2) is 0 Å². The number of halogens is 4. The molecule has 2 rings (SSSR count). The highest BCUT2D eigenvalue weighted by atomic mass is 35.5. The number of alkyl halides is 4. The second kappa shape index (κ2) is 4.97. The van der Waals surface area contributed by atoms with Crippen molar-refractivity contribution in [1.82, 2.24) is 10.2 Å². The Bertz CT molecular complexity index is 374. The van der Waals surface area contributed by atoms with Gasteiger partial charge < -0.3 is 5.32 Å². The fourth-order valence-corrected chi connectivity index (χ4v) is 2.71. The van der Waals surface area contributed by atoms with Crippen molar-refractivity contribution in [3.8, 4) is 0 Å². The molecule has 1 heterocycles. The topological polar surface area (TPSA) is 37.8 Å². The predicted octanol–water partition coefficient (Wildman–Crippen LogP) is 3.52. The van der Waals surface area contributed by atoms with E-state index < -0.39 is 11.2 Å². The number of nitrogens with one attached hydrogen (secondary N) is 1. The smallest absolute Gasteiger partial charge is 0.357 e. The third-order valence-corrected chi connectivity index (χ3v) is 3.99. The lowest BCUT2D eigenvalue weighted by Gasteiger charge is -2.25. The normalized spacial score (nSPS) is 25.9. The van der Waals surface area contributed by atoms with Gasteiger partial charge in [-0.2, -0.15) is 13.2 Å². The summed E-state index contributed by atoms with van der Waals surface area (Å²) in [5, 5.41) is 9.11. The number of hydrogen-bond donors (Lipinski definition) is 1. The summed E-state index contributed by atoms with van der Waals surface area (Å²) < 4.78 is 36.9. The first-order valence-electron chi connectivity index (χ1n) is 5.26. The highest BCUT2D eigenvalue weighted by Gasteiger charge is 2.35. The van der Waals surface area contributed by atoms with Gasteiger partial charge in [0.05, 0.1) is 0 Å². The monoisotopic (exact) mass is 285 g/mol. The zero-order valence-corrected chi connectivity index (χ0v) is 10.4. The van der Waals surface area contributed by atoms with E-state index in [0.717, 1.165) is 25.7 Å². The highest BCUT2D eigenvalue weighted by molar-refractivity contribution is 7.15. The lowest BCUT2D eigenvalue weighted by molar-refractivity contribution is -0.138. The van der Waals surface area contributed by atoms with Crippen LogP contribution in [0, 0.1) is 0 Å². The van der Waals surface area contributed by atoms with Crippen LogP contribution in [0.1, 0.15) is 30.7 Å². The number of hydrogen-bond acceptors (Lipinski definition) is 4. The highest BCUT2D eigenvalue weighted by Crippen LogP contribution is 2.34. The van der Waals surface area contributed by atoms with Gasteiger partial charge in [-0.05, 0) is 25.7 Å². The number of nitrogens with zero attached hydrogens (tertiary/aromatic N) is 2. The molecule has 0 saturated heterocycles. The lowest BCUT2D eigenvalue weighted by Crippen LogP contribution is -2.26. The van der Waals surface area contributed by atoms with E-state index in [4.69, 9.17) is 11.6 Å². The van der Waals surface area contributed by atoms with Crippen LogP contribution in [0.15, 0.2) is 0 Å². The third kappa shape index (κ3) is 3.45. The van der Waals surface area contributed by atoms with E-state index in [1.807, 2.05) is 0 Å². The first-order chi connectivity index (χ1) is 7.95. The molecule has 17 heavy (non-hydrogen) atoms. The van der Waals surface area contributed by atoms with Crippen molar-refractivity contribution in [1.29, 1.82) is 0 Å². The van der Waals surface area contributed by atoms with Gasteiger partial charge in [-0.3, -0.25) is 0 Å². The number of rotatable bonds is 2. The van der Waals surface area contributed by atoms with Gasteiger partial charge in [-0.15, -0.1) is 21.8 Å². The van der Waals surface area contributed by atoms with Gasteiger partial charge in [0.2, 0.25) is 10.1 Å². The fraction of sp³-hybridized carbons (Fsp3) is 0.778. The first-order valence-corrected chi connectivity index (χ1v) is 6.52. The van der Waals surface area contributed by atoms with Crippen molar-refractivity contribution in [2.45, 2.75) is 43.3 Å². The van der Waals surface area contributed by atoms with Gasteiger partial charge in [0.1, 0.15) is 0 Å². The van der Waals surface area contributed by atoms with Crippen LogP contribution in [0.5, 0.6) is 0 Å². The summed E-state index contributed by atoms with van der Waals surface area (Å²) in [7, 11) is 0. The van der Waals surface area contributed by atoms with E-state index in [-0.39, 0.29) is 16.6 Å². The van der Waals surface area contributed by atoms with Crippen LogP contribution in [0.4, 0.5) is 18.3 Å². The van der Waals surface area contributed by atoms with Gasteiger partial charge in [0.25, 0.3) is 0 Å². The summed E-state index contributed by atoms with van der Waals surface area (Å²) in [6.07, 6.45) is -0.941. The van der Waals surface area contributed by atoms with Gasteiger partial charge >= 0.3 is 6.18 Å². The van der Waals surface area contributed by atoms with Gasteiger partial charge in [0.15, 0.2) is 0 Å². The lowest BCUT2D eigenvalue weighted by atomic mass is 9.95. The molecule has 1 saturated carbocycles. The molecule has 0 radical (unpaired) electrons. The Kier molecular flexibility index (Phi) is 3.77. The van der Waals surface area contributed by atoms with Gasteiger partial charge in [0, 0.05) is 11.4 Å². The SMILES string of the molecule is FC(F)(F)c1nnc(NC2CCC(Cl)CC2)s1. The summed E-state index contributed by atoms with van der Waals surface area (Å²) in [6, 6.07) is 0.152. The van der Waals surface area contributed by atoms with Crippen LogP contribution < -0.4 is 5.32 Å². The minimum Gasteiger partial charge on any atom is -0.357 e. The molecule has 1 aromatic rings. The summed E-state index contributed by atoms with van der Waals surface area (Å²) >= 11 is 6.49. The Morgan fingerprint density at radius 3 is 2.35 bits per heavy atom.